The highest BCUT2D eigenvalue weighted by Crippen LogP contribution is 2.33. The number of ether oxygens (including phenoxy) is 1. The molecule has 3 fully saturated rings. The van der Waals surface area contributed by atoms with Gasteiger partial charge in [-0.3, -0.25) is 14.5 Å². The highest BCUT2D eigenvalue weighted by atomic mass is 16.5. The number of hydrogen-bond donors (Lipinski definition) is 1. The molecule has 6 heteroatoms. The van der Waals surface area contributed by atoms with Crippen molar-refractivity contribution < 1.29 is 14.3 Å². The number of likely N-dealkylation sites (tertiary alicyclic amines) is 1. The molecule has 3 rings (SSSR count). The summed E-state index contributed by atoms with van der Waals surface area (Å²) in [5.74, 6) is 0.861. The fourth-order valence-corrected chi connectivity index (χ4v) is 4.04. The molecule has 1 spiro atoms. The van der Waals surface area contributed by atoms with Crippen LogP contribution in [-0.2, 0) is 14.3 Å². The molecule has 1 N–H and O–H groups in total. The van der Waals surface area contributed by atoms with Crippen LogP contribution in [0.25, 0.3) is 0 Å². The Kier molecular flexibility index (Phi) is 4.41. The van der Waals surface area contributed by atoms with E-state index in [0.717, 1.165) is 0 Å². The van der Waals surface area contributed by atoms with E-state index in [1.807, 2.05) is 16.8 Å². The molecule has 6 nitrogen and oxygen atoms in total. The average molecular weight is 309 g/mol. The smallest absolute Gasteiger partial charge is 0.239 e. The Labute approximate surface area is 132 Å². The van der Waals surface area contributed by atoms with Gasteiger partial charge in [0.2, 0.25) is 11.8 Å². The molecule has 0 aromatic heterocycles. The summed E-state index contributed by atoms with van der Waals surface area (Å²) < 4.78 is 5.96. The first-order valence-corrected chi connectivity index (χ1v) is 8.36. The van der Waals surface area contributed by atoms with Crippen molar-refractivity contribution in [2.75, 3.05) is 40.3 Å². The van der Waals surface area contributed by atoms with E-state index >= 15 is 0 Å². The maximum Gasteiger partial charge on any atom is 0.239 e. The zero-order valence-electron chi connectivity index (χ0n) is 13.6. The predicted octanol–water partition coefficient (Wildman–Crippen LogP) is 0.224. The SMILES string of the molecule is CNC(=O)[C@H]1COC2(CN(C(=O)CC3CCCC3)C2)CN1C. The molecule has 2 aliphatic heterocycles. The highest BCUT2D eigenvalue weighted by Gasteiger charge is 2.51. The number of nitrogens with zero attached hydrogens (tertiary/aromatic N) is 2. The van der Waals surface area contributed by atoms with Gasteiger partial charge in [0, 0.05) is 20.0 Å². The maximum atomic E-state index is 12.3. The number of likely N-dealkylation sites (N-methyl/N-ethyl adjacent to an activating group) is 2. The Morgan fingerprint density at radius 3 is 2.50 bits per heavy atom. The van der Waals surface area contributed by atoms with E-state index in [2.05, 4.69) is 5.32 Å². The minimum absolute atomic E-state index is 0.00848. The van der Waals surface area contributed by atoms with Gasteiger partial charge < -0.3 is 15.0 Å². The predicted molar refractivity (Wildman–Crippen MR) is 82.3 cm³/mol. The minimum Gasteiger partial charge on any atom is -0.368 e. The second kappa shape index (κ2) is 6.16. The number of morpholine rings is 1. The molecular weight excluding hydrogens is 282 g/mol. The molecule has 2 saturated heterocycles. The molecule has 2 amide bonds. The van der Waals surface area contributed by atoms with Crippen LogP contribution in [0.4, 0.5) is 0 Å². The van der Waals surface area contributed by atoms with Crippen molar-refractivity contribution in [3.63, 3.8) is 0 Å². The van der Waals surface area contributed by atoms with Crippen molar-refractivity contribution in [1.29, 1.82) is 0 Å². The molecular formula is C16H27N3O3. The van der Waals surface area contributed by atoms with E-state index < -0.39 is 0 Å². The van der Waals surface area contributed by atoms with Gasteiger partial charge in [-0.25, -0.2) is 0 Å². The molecule has 124 valence electrons. The normalized spacial score (nSPS) is 28.6. The van der Waals surface area contributed by atoms with Crippen LogP contribution in [0.15, 0.2) is 0 Å². The number of hydrogen-bond acceptors (Lipinski definition) is 4. The molecule has 3 aliphatic rings. The quantitative estimate of drug-likeness (QED) is 0.810. The van der Waals surface area contributed by atoms with E-state index in [-0.39, 0.29) is 23.5 Å². The lowest BCUT2D eigenvalue weighted by Crippen LogP contribution is -2.73. The molecule has 1 saturated carbocycles. The van der Waals surface area contributed by atoms with Crippen LogP contribution in [0.1, 0.15) is 32.1 Å². The van der Waals surface area contributed by atoms with E-state index in [1.54, 1.807) is 7.05 Å². The lowest BCUT2D eigenvalue weighted by Gasteiger charge is -2.54. The third kappa shape index (κ3) is 2.99. The van der Waals surface area contributed by atoms with E-state index in [1.165, 1.54) is 25.7 Å². The van der Waals surface area contributed by atoms with Gasteiger partial charge in [-0.05, 0) is 25.8 Å². The highest BCUT2D eigenvalue weighted by molar-refractivity contribution is 5.82. The van der Waals surface area contributed by atoms with Crippen molar-refractivity contribution in [3.8, 4) is 0 Å². The molecule has 0 aromatic rings. The van der Waals surface area contributed by atoms with Crippen molar-refractivity contribution in [2.24, 2.45) is 5.92 Å². The summed E-state index contributed by atoms with van der Waals surface area (Å²) in [6, 6.07) is -0.223. The van der Waals surface area contributed by atoms with Gasteiger partial charge in [-0.15, -0.1) is 0 Å². The zero-order valence-corrected chi connectivity index (χ0v) is 13.6. The van der Waals surface area contributed by atoms with E-state index in [4.69, 9.17) is 4.74 Å². The molecule has 0 aromatic carbocycles. The third-order valence-electron chi connectivity index (χ3n) is 5.41. The number of nitrogens with one attached hydrogen (secondary N) is 1. The molecule has 1 aliphatic carbocycles. The summed E-state index contributed by atoms with van der Waals surface area (Å²) in [6.45, 7) is 2.45. The Morgan fingerprint density at radius 1 is 1.23 bits per heavy atom. The van der Waals surface area contributed by atoms with Gasteiger partial charge in [0.05, 0.1) is 19.7 Å². The number of amides is 2. The first-order chi connectivity index (χ1) is 10.5. The summed E-state index contributed by atoms with van der Waals surface area (Å²) in [7, 11) is 3.60. The fraction of sp³-hybridized carbons (Fsp3) is 0.875. The van der Waals surface area contributed by atoms with Gasteiger partial charge in [0.1, 0.15) is 11.6 Å². The van der Waals surface area contributed by atoms with Crippen LogP contribution in [0.3, 0.4) is 0 Å². The summed E-state index contributed by atoms with van der Waals surface area (Å²) >= 11 is 0. The Balaban J connectivity index is 1.48. The number of carbonyl (C=O) groups excluding carboxylic acids is 2. The Hall–Kier alpha value is -1.14. The van der Waals surface area contributed by atoms with Crippen LogP contribution in [0, 0.1) is 5.92 Å². The lowest BCUT2D eigenvalue weighted by molar-refractivity contribution is -0.201. The van der Waals surface area contributed by atoms with Crippen LogP contribution >= 0.6 is 0 Å². The van der Waals surface area contributed by atoms with Crippen molar-refractivity contribution in [3.05, 3.63) is 0 Å². The van der Waals surface area contributed by atoms with Crippen molar-refractivity contribution in [1.82, 2.24) is 15.1 Å². The molecule has 0 unspecified atom stereocenters. The lowest BCUT2D eigenvalue weighted by atomic mass is 9.89. The summed E-state index contributed by atoms with van der Waals surface area (Å²) in [5.41, 5.74) is -0.259. The number of rotatable bonds is 3. The van der Waals surface area contributed by atoms with Crippen LogP contribution in [0.2, 0.25) is 0 Å². The Bertz CT molecular complexity index is 442. The standard InChI is InChI=1S/C16H27N3O3/c1-17-15(21)13-8-22-16(9-18(13)2)10-19(11-16)14(20)7-12-5-3-4-6-12/h12-13H,3-11H2,1-2H3,(H,17,21)/t13-/m1/s1. The van der Waals surface area contributed by atoms with Gasteiger partial charge >= 0.3 is 0 Å². The zero-order chi connectivity index (χ0) is 15.7. The van der Waals surface area contributed by atoms with Gasteiger partial charge in [0.25, 0.3) is 0 Å². The fourth-order valence-electron chi connectivity index (χ4n) is 4.04. The van der Waals surface area contributed by atoms with Crippen LogP contribution in [0.5, 0.6) is 0 Å². The van der Waals surface area contributed by atoms with E-state index in [0.29, 0.717) is 38.6 Å². The summed E-state index contributed by atoms with van der Waals surface area (Å²) in [5, 5.41) is 2.67. The molecule has 22 heavy (non-hydrogen) atoms. The monoisotopic (exact) mass is 309 g/mol. The maximum absolute atomic E-state index is 12.3. The number of carbonyl (C=O) groups is 2. The average Bonchev–Trinajstić information content (AvgIpc) is 2.96. The van der Waals surface area contributed by atoms with Gasteiger partial charge in [0.15, 0.2) is 0 Å². The van der Waals surface area contributed by atoms with Crippen LogP contribution in [-0.4, -0.2) is 73.6 Å². The second-order valence-electron chi connectivity index (χ2n) is 7.14. The second-order valence-corrected chi connectivity index (χ2v) is 7.14. The molecule has 1 atom stereocenters. The summed E-state index contributed by atoms with van der Waals surface area (Å²) in [4.78, 5) is 28.0. The van der Waals surface area contributed by atoms with Gasteiger partial charge in [-0.2, -0.15) is 0 Å². The first-order valence-electron chi connectivity index (χ1n) is 8.36. The van der Waals surface area contributed by atoms with Crippen molar-refractivity contribution >= 4 is 11.8 Å². The Morgan fingerprint density at radius 2 is 1.91 bits per heavy atom. The largest absolute Gasteiger partial charge is 0.368 e. The molecule has 0 bridgehead atoms. The van der Waals surface area contributed by atoms with Crippen molar-refractivity contribution in [2.45, 2.75) is 43.7 Å². The molecule has 2 heterocycles. The van der Waals surface area contributed by atoms with Crippen LogP contribution < -0.4 is 5.32 Å². The van der Waals surface area contributed by atoms with Gasteiger partial charge in [-0.1, -0.05) is 12.8 Å². The first kappa shape index (κ1) is 15.7. The third-order valence-corrected chi connectivity index (χ3v) is 5.41. The van der Waals surface area contributed by atoms with E-state index in [9.17, 15) is 9.59 Å². The topological polar surface area (TPSA) is 61.9 Å². The minimum atomic E-state index is -0.259. The summed E-state index contributed by atoms with van der Waals surface area (Å²) in [6.07, 6.45) is 5.66. The molecule has 0 radical (unpaired) electrons.